The molecule has 3 nitrogen and oxygen atoms in total. The van der Waals surface area contributed by atoms with Crippen molar-refractivity contribution in [1.82, 2.24) is 9.88 Å². The fourth-order valence-electron chi connectivity index (χ4n) is 6.61. The zero-order chi connectivity index (χ0) is 26.2. The third kappa shape index (κ3) is 3.14. The van der Waals surface area contributed by atoms with Crippen molar-refractivity contribution in [1.29, 1.82) is 0 Å². The molecule has 1 unspecified atom stereocenters. The van der Waals surface area contributed by atoms with Crippen LogP contribution in [0.25, 0.3) is 49.4 Å². The van der Waals surface area contributed by atoms with Crippen molar-refractivity contribution in [3.63, 3.8) is 0 Å². The Morgan fingerprint density at radius 1 is 0.750 bits per heavy atom. The summed E-state index contributed by atoms with van der Waals surface area (Å²) in [5.74, 6) is 0.881. The fourth-order valence-corrected chi connectivity index (χ4v) is 7.94. The number of fused-ring (bicyclic) bond motifs is 9. The molecule has 2 aromatic heterocycles. The van der Waals surface area contributed by atoms with Gasteiger partial charge in [-0.15, -0.1) is 11.3 Å². The van der Waals surface area contributed by atoms with Crippen LogP contribution in [0.4, 0.5) is 5.69 Å². The summed E-state index contributed by atoms with van der Waals surface area (Å²) in [6.45, 7) is 0. The number of nitrogens with zero attached hydrogens (tertiary/aromatic N) is 2. The van der Waals surface area contributed by atoms with E-state index in [1.165, 1.54) is 64.2 Å². The standard InChI is InChI=1S/C36H25N3S/c1-2-11-23(12-3-1)33-35-34(27-16-8-9-17-31(27)40-35)38-36(37-33)39-29-19-18-22-10-6-7-15-26(22)32(29)28-20-24-13-4-5-14-25(24)21-30(28)39/h1-8,10-16,18-21,33H,9,17H2,(H,37,38). The van der Waals surface area contributed by atoms with E-state index in [4.69, 9.17) is 4.99 Å². The van der Waals surface area contributed by atoms with Crippen LogP contribution >= 0.6 is 11.3 Å². The number of aliphatic imine (C=N–C) groups is 1. The van der Waals surface area contributed by atoms with Gasteiger partial charge in [0.1, 0.15) is 0 Å². The highest BCUT2D eigenvalue weighted by atomic mass is 32.1. The molecule has 190 valence electrons. The minimum absolute atomic E-state index is 0.0427. The van der Waals surface area contributed by atoms with Gasteiger partial charge in [-0.1, -0.05) is 97.1 Å². The third-order valence-electron chi connectivity index (χ3n) is 8.46. The molecule has 2 aliphatic rings. The van der Waals surface area contributed by atoms with Crippen molar-refractivity contribution < 1.29 is 0 Å². The SMILES string of the molecule is C1=Cc2c(sc3c2N=C(n2c4cc5ccccc5cc4c4c5ccccc5ccc42)NC3c2ccccc2)CC1. The van der Waals surface area contributed by atoms with Crippen molar-refractivity contribution in [2.45, 2.75) is 18.9 Å². The predicted octanol–water partition coefficient (Wildman–Crippen LogP) is 9.35. The zero-order valence-corrected chi connectivity index (χ0v) is 22.6. The average Bonchev–Trinajstić information content (AvgIpc) is 3.55. The van der Waals surface area contributed by atoms with Crippen LogP contribution in [0.5, 0.6) is 0 Å². The molecular weight excluding hydrogens is 506 g/mol. The molecule has 3 heterocycles. The highest BCUT2D eigenvalue weighted by Gasteiger charge is 2.31. The van der Waals surface area contributed by atoms with E-state index in [1.54, 1.807) is 0 Å². The molecule has 0 saturated heterocycles. The Labute approximate surface area is 235 Å². The summed E-state index contributed by atoms with van der Waals surface area (Å²) in [6, 6.07) is 37.4. The van der Waals surface area contributed by atoms with Gasteiger partial charge in [-0.25, -0.2) is 4.99 Å². The quantitative estimate of drug-likeness (QED) is 0.225. The molecule has 0 spiro atoms. The number of nitrogens with one attached hydrogen (secondary N) is 1. The van der Waals surface area contributed by atoms with Crippen LogP contribution in [0.3, 0.4) is 0 Å². The van der Waals surface area contributed by atoms with Crippen LogP contribution < -0.4 is 5.32 Å². The van der Waals surface area contributed by atoms with E-state index in [9.17, 15) is 0 Å². The monoisotopic (exact) mass is 531 g/mol. The van der Waals surface area contributed by atoms with Crippen molar-refractivity contribution in [2.24, 2.45) is 4.99 Å². The molecule has 0 bridgehead atoms. The van der Waals surface area contributed by atoms with Gasteiger partial charge in [-0.05, 0) is 58.1 Å². The van der Waals surface area contributed by atoms with Gasteiger partial charge in [-0.2, -0.15) is 0 Å². The molecule has 7 aromatic rings. The van der Waals surface area contributed by atoms with Crippen LogP contribution in [-0.2, 0) is 6.42 Å². The van der Waals surface area contributed by atoms with E-state index < -0.39 is 0 Å². The lowest BCUT2D eigenvalue weighted by molar-refractivity contribution is 0.746. The second-order valence-corrected chi connectivity index (χ2v) is 11.9. The molecule has 1 N–H and O–H groups in total. The molecule has 1 atom stereocenters. The molecule has 0 radical (unpaired) electrons. The normalized spacial score (nSPS) is 16.3. The minimum atomic E-state index is 0.0427. The van der Waals surface area contributed by atoms with Crippen molar-refractivity contribution in [3.8, 4) is 0 Å². The van der Waals surface area contributed by atoms with E-state index in [2.05, 4.69) is 125 Å². The predicted molar refractivity (Wildman–Crippen MR) is 170 cm³/mol. The summed E-state index contributed by atoms with van der Waals surface area (Å²) in [6.07, 6.45) is 6.76. The molecule has 9 rings (SSSR count). The van der Waals surface area contributed by atoms with E-state index in [0.29, 0.717) is 0 Å². The van der Waals surface area contributed by atoms with Gasteiger partial charge in [0.2, 0.25) is 5.96 Å². The highest BCUT2D eigenvalue weighted by molar-refractivity contribution is 7.13. The number of aryl methyl sites for hydroxylation is 1. The fraction of sp³-hybridized carbons (Fsp3) is 0.0833. The number of hydrogen-bond acceptors (Lipinski definition) is 3. The van der Waals surface area contributed by atoms with Crippen molar-refractivity contribution in [2.75, 3.05) is 0 Å². The zero-order valence-electron chi connectivity index (χ0n) is 21.8. The number of rotatable bonds is 1. The number of benzene rings is 5. The molecule has 0 fully saturated rings. The summed E-state index contributed by atoms with van der Waals surface area (Å²) in [7, 11) is 0. The maximum Gasteiger partial charge on any atom is 0.209 e. The Kier molecular flexibility index (Phi) is 4.66. The topological polar surface area (TPSA) is 29.3 Å². The van der Waals surface area contributed by atoms with Gasteiger partial charge in [0.15, 0.2) is 0 Å². The van der Waals surface area contributed by atoms with Crippen LogP contribution in [0.2, 0.25) is 0 Å². The van der Waals surface area contributed by atoms with E-state index in [1.807, 2.05) is 11.3 Å². The maximum absolute atomic E-state index is 5.42. The molecule has 1 aliphatic carbocycles. The second-order valence-electron chi connectivity index (χ2n) is 10.7. The lowest BCUT2D eigenvalue weighted by Gasteiger charge is -2.26. The van der Waals surface area contributed by atoms with Crippen molar-refractivity contribution >= 4 is 72.4 Å². The summed E-state index contributed by atoms with van der Waals surface area (Å²) in [5, 5.41) is 11.5. The van der Waals surface area contributed by atoms with Crippen molar-refractivity contribution in [3.05, 3.63) is 130 Å². The number of aromatic nitrogens is 1. The van der Waals surface area contributed by atoms with E-state index in [0.717, 1.165) is 24.5 Å². The van der Waals surface area contributed by atoms with Gasteiger partial charge < -0.3 is 5.32 Å². The van der Waals surface area contributed by atoms with Gasteiger partial charge in [0.25, 0.3) is 0 Å². The van der Waals surface area contributed by atoms with Gasteiger partial charge in [0, 0.05) is 21.2 Å². The Morgan fingerprint density at radius 3 is 2.40 bits per heavy atom. The average molecular weight is 532 g/mol. The first kappa shape index (κ1) is 22.2. The van der Waals surface area contributed by atoms with Crippen LogP contribution in [0.1, 0.15) is 33.3 Å². The number of allylic oxidation sites excluding steroid dienone is 1. The number of thiophene rings is 1. The molecular formula is C36H25N3S. The summed E-state index contributed by atoms with van der Waals surface area (Å²) >= 11 is 1.92. The first-order chi connectivity index (χ1) is 19.8. The molecule has 0 saturated carbocycles. The molecule has 40 heavy (non-hydrogen) atoms. The Hall–Kier alpha value is -4.67. The summed E-state index contributed by atoms with van der Waals surface area (Å²) in [5.41, 5.74) is 6.02. The largest absolute Gasteiger partial charge is 0.343 e. The van der Waals surface area contributed by atoms with E-state index >= 15 is 0 Å². The first-order valence-corrected chi connectivity index (χ1v) is 14.7. The van der Waals surface area contributed by atoms with Crippen LogP contribution in [0.15, 0.2) is 114 Å². The van der Waals surface area contributed by atoms with Gasteiger partial charge in [-0.3, -0.25) is 4.57 Å². The Morgan fingerprint density at radius 2 is 1.52 bits per heavy atom. The highest BCUT2D eigenvalue weighted by Crippen LogP contribution is 2.47. The lowest BCUT2D eigenvalue weighted by Crippen LogP contribution is -2.36. The molecule has 5 aromatic carbocycles. The Balaban J connectivity index is 1.40. The smallest absolute Gasteiger partial charge is 0.209 e. The van der Waals surface area contributed by atoms with E-state index in [-0.39, 0.29) is 6.04 Å². The summed E-state index contributed by atoms with van der Waals surface area (Å²) < 4.78 is 2.36. The lowest BCUT2D eigenvalue weighted by atomic mass is 9.99. The second kappa shape index (κ2) is 8.41. The maximum atomic E-state index is 5.42. The number of hydrogen-bond donors (Lipinski definition) is 1. The van der Waals surface area contributed by atoms with Crippen LogP contribution in [0, 0.1) is 0 Å². The van der Waals surface area contributed by atoms with Gasteiger partial charge >= 0.3 is 0 Å². The molecule has 4 heteroatoms. The van der Waals surface area contributed by atoms with Gasteiger partial charge in [0.05, 0.1) is 27.6 Å². The first-order valence-electron chi connectivity index (χ1n) is 13.9. The minimum Gasteiger partial charge on any atom is -0.343 e. The van der Waals surface area contributed by atoms with Crippen LogP contribution in [-0.4, -0.2) is 10.5 Å². The Bertz CT molecular complexity index is 2200. The summed E-state index contributed by atoms with van der Waals surface area (Å²) in [4.78, 5) is 8.18. The molecule has 0 amide bonds. The third-order valence-corrected chi connectivity index (χ3v) is 9.78. The molecule has 1 aliphatic heterocycles.